The minimum absolute atomic E-state index is 0.0342. The van der Waals surface area contributed by atoms with Crippen LogP contribution in [0.3, 0.4) is 0 Å². The summed E-state index contributed by atoms with van der Waals surface area (Å²) >= 11 is 0. The van der Waals surface area contributed by atoms with Crippen LogP contribution < -0.4 is 5.32 Å². The normalized spacial score (nSPS) is 20.3. The molecule has 2 N–H and O–H groups in total. The predicted molar refractivity (Wildman–Crippen MR) is 63.9 cm³/mol. The van der Waals surface area contributed by atoms with Gasteiger partial charge in [0.2, 0.25) is 5.91 Å². The molecule has 0 aliphatic heterocycles. The highest BCUT2D eigenvalue weighted by Crippen LogP contribution is 2.52. The van der Waals surface area contributed by atoms with Crippen molar-refractivity contribution in [1.82, 2.24) is 0 Å². The van der Waals surface area contributed by atoms with Crippen molar-refractivity contribution in [2.24, 2.45) is 11.3 Å². The Kier molecular flexibility index (Phi) is 2.84. The Morgan fingerprint density at radius 2 is 2.06 bits per heavy atom. The zero-order valence-corrected chi connectivity index (χ0v) is 10.2. The lowest BCUT2D eigenvalue weighted by atomic mass is 10.1. The topological polar surface area (TPSA) is 66.4 Å². The smallest absolute Gasteiger partial charge is 0.337 e. The first kappa shape index (κ1) is 12.5. The van der Waals surface area contributed by atoms with E-state index in [4.69, 9.17) is 5.11 Å². The van der Waals surface area contributed by atoms with E-state index in [1.807, 2.05) is 13.8 Å². The summed E-state index contributed by atoms with van der Waals surface area (Å²) < 4.78 is 13.0. The van der Waals surface area contributed by atoms with Gasteiger partial charge < -0.3 is 10.4 Å². The van der Waals surface area contributed by atoms with Crippen LogP contribution in [0.2, 0.25) is 0 Å². The van der Waals surface area contributed by atoms with Crippen LogP contribution in [0.25, 0.3) is 0 Å². The van der Waals surface area contributed by atoms with Crippen LogP contribution in [0, 0.1) is 17.2 Å². The number of carboxylic acid groups (broad SMARTS) is 1. The van der Waals surface area contributed by atoms with Gasteiger partial charge in [0, 0.05) is 5.92 Å². The van der Waals surface area contributed by atoms with Gasteiger partial charge in [0.25, 0.3) is 0 Å². The van der Waals surface area contributed by atoms with Crippen molar-refractivity contribution >= 4 is 17.6 Å². The molecule has 1 unspecified atom stereocenters. The van der Waals surface area contributed by atoms with Crippen LogP contribution in [-0.4, -0.2) is 17.0 Å². The average molecular weight is 251 g/mol. The van der Waals surface area contributed by atoms with Crippen molar-refractivity contribution in [3.63, 3.8) is 0 Å². The third kappa shape index (κ3) is 2.34. The zero-order chi connectivity index (χ0) is 13.5. The van der Waals surface area contributed by atoms with Gasteiger partial charge in [0.1, 0.15) is 5.82 Å². The highest BCUT2D eigenvalue weighted by molar-refractivity contribution is 6.02. The standard InChI is InChI=1S/C13H14FNO3/c1-13(2)6-9(13)11(16)15-10-4-3-7(14)5-8(10)12(17)18/h3-5,9H,6H2,1-2H3,(H,15,16)(H,17,18). The number of nitrogens with one attached hydrogen (secondary N) is 1. The minimum atomic E-state index is -1.26. The maximum atomic E-state index is 13.0. The van der Waals surface area contributed by atoms with E-state index in [0.717, 1.165) is 18.6 Å². The second-order valence-electron chi connectivity index (χ2n) is 5.23. The average Bonchev–Trinajstić information content (AvgIpc) is 2.90. The number of hydrogen-bond donors (Lipinski definition) is 2. The van der Waals surface area contributed by atoms with Crippen molar-refractivity contribution in [1.29, 1.82) is 0 Å². The first-order chi connectivity index (χ1) is 8.31. The van der Waals surface area contributed by atoms with Gasteiger partial charge in [-0.05, 0) is 30.0 Å². The van der Waals surface area contributed by atoms with E-state index in [0.29, 0.717) is 0 Å². The van der Waals surface area contributed by atoms with Crippen molar-refractivity contribution in [3.8, 4) is 0 Å². The lowest BCUT2D eigenvalue weighted by Crippen LogP contribution is -2.18. The number of aromatic carboxylic acids is 1. The molecule has 5 heteroatoms. The fraction of sp³-hybridized carbons (Fsp3) is 0.385. The van der Waals surface area contributed by atoms with Crippen molar-refractivity contribution in [2.75, 3.05) is 5.32 Å². The van der Waals surface area contributed by atoms with Gasteiger partial charge in [-0.1, -0.05) is 13.8 Å². The van der Waals surface area contributed by atoms with Crippen molar-refractivity contribution < 1.29 is 19.1 Å². The number of halogens is 1. The second kappa shape index (κ2) is 4.08. The first-order valence-electron chi connectivity index (χ1n) is 5.65. The summed E-state index contributed by atoms with van der Waals surface area (Å²) in [5.74, 6) is -2.23. The van der Waals surface area contributed by atoms with Crippen LogP contribution in [0.4, 0.5) is 10.1 Å². The summed E-state index contributed by atoms with van der Waals surface area (Å²) in [7, 11) is 0. The predicted octanol–water partition coefficient (Wildman–Crippen LogP) is 2.51. The van der Waals surface area contributed by atoms with Crippen LogP contribution in [0.1, 0.15) is 30.6 Å². The molecule has 4 nitrogen and oxygen atoms in total. The number of amides is 1. The van der Waals surface area contributed by atoms with E-state index >= 15 is 0 Å². The van der Waals surface area contributed by atoms with Gasteiger partial charge in [-0.25, -0.2) is 9.18 Å². The highest BCUT2D eigenvalue weighted by Gasteiger charge is 2.50. The summed E-state index contributed by atoms with van der Waals surface area (Å²) in [6.07, 6.45) is 0.780. The maximum absolute atomic E-state index is 13.0. The summed E-state index contributed by atoms with van der Waals surface area (Å²) in [4.78, 5) is 22.8. The summed E-state index contributed by atoms with van der Waals surface area (Å²) in [6, 6.07) is 3.29. The molecule has 2 rings (SSSR count). The summed E-state index contributed by atoms with van der Waals surface area (Å²) in [6.45, 7) is 3.94. The fourth-order valence-corrected chi connectivity index (χ4v) is 1.94. The Balaban J connectivity index is 2.19. The van der Waals surface area contributed by atoms with Crippen LogP contribution in [-0.2, 0) is 4.79 Å². The Morgan fingerprint density at radius 1 is 1.44 bits per heavy atom. The second-order valence-corrected chi connectivity index (χ2v) is 5.23. The van der Waals surface area contributed by atoms with E-state index in [1.54, 1.807) is 0 Å². The third-order valence-corrected chi connectivity index (χ3v) is 3.30. The zero-order valence-electron chi connectivity index (χ0n) is 10.2. The Hall–Kier alpha value is -1.91. The molecule has 1 saturated carbocycles. The SMILES string of the molecule is CC1(C)CC1C(=O)Nc1ccc(F)cc1C(=O)O. The number of benzene rings is 1. The monoisotopic (exact) mass is 251 g/mol. The molecule has 0 saturated heterocycles. The van der Waals surface area contributed by atoms with E-state index in [2.05, 4.69) is 5.32 Å². The highest BCUT2D eigenvalue weighted by atomic mass is 19.1. The molecular formula is C13H14FNO3. The van der Waals surface area contributed by atoms with Gasteiger partial charge in [-0.2, -0.15) is 0 Å². The Labute approximate surface area is 104 Å². The van der Waals surface area contributed by atoms with Crippen LogP contribution in [0.15, 0.2) is 18.2 Å². The Morgan fingerprint density at radius 3 is 2.56 bits per heavy atom. The lowest BCUT2D eigenvalue weighted by Gasteiger charge is -2.09. The van der Waals surface area contributed by atoms with E-state index in [1.165, 1.54) is 6.07 Å². The largest absolute Gasteiger partial charge is 0.478 e. The molecule has 0 aromatic heterocycles. The van der Waals surface area contributed by atoms with Crippen LogP contribution in [0.5, 0.6) is 0 Å². The quantitative estimate of drug-likeness (QED) is 0.867. The van der Waals surface area contributed by atoms with E-state index in [-0.39, 0.29) is 28.5 Å². The number of hydrogen-bond acceptors (Lipinski definition) is 2. The molecule has 18 heavy (non-hydrogen) atoms. The Bertz CT molecular complexity index is 525. The number of carbonyl (C=O) groups excluding carboxylic acids is 1. The lowest BCUT2D eigenvalue weighted by molar-refractivity contribution is -0.118. The molecule has 1 aromatic rings. The van der Waals surface area contributed by atoms with E-state index < -0.39 is 11.8 Å². The fourth-order valence-electron chi connectivity index (χ4n) is 1.94. The van der Waals surface area contributed by atoms with Gasteiger partial charge in [-0.15, -0.1) is 0 Å². The molecule has 1 fully saturated rings. The number of carboxylic acids is 1. The molecule has 1 atom stereocenters. The molecule has 0 spiro atoms. The molecule has 1 amide bonds. The molecule has 0 bridgehead atoms. The van der Waals surface area contributed by atoms with Crippen molar-refractivity contribution in [2.45, 2.75) is 20.3 Å². The molecular weight excluding hydrogens is 237 g/mol. The van der Waals surface area contributed by atoms with Gasteiger partial charge in [0.15, 0.2) is 0 Å². The summed E-state index contributed by atoms with van der Waals surface area (Å²) in [5.41, 5.74) is -0.133. The molecule has 96 valence electrons. The number of anilines is 1. The number of carbonyl (C=O) groups is 2. The van der Waals surface area contributed by atoms with Gasteiger partial charge in [-0.3, -0.25) is 4.79 Å². The molecule has 1 aliphatic carbocycles. The van der Waals surface area contributed by atoms with Crippen LogP contribution >= 0.6 is 0 Å². The third-order valence-electron chi connectivity index (χ3n) is 3.30. The van der Waals surface area contributed by atoms with Gasteiger partial charge >= 0.3 is 5.97 Å². The first-order valence-corrected chi connectivity index (χ1v) is 5.65. The molecule has 0 heterocycles. The summed E-state index contributed by atoms with van der Waals surface area (Å²) in [5, 5.41) is 11.5. The molecule has 0 radical (unpaired) electrons. The maximum Gasteiger partial charge on any atom is 0.337 e. The number of rotatable bonds is 3. The van der Waals surface area contributed by atoms with Gasteiger partial charge in [0.05, 0.1) is 11.3 Å². The molecule has 1 aliphatic rings. The van der Waals surface area contributed by atoms with E-state index in [9.17, 15) is 14.0 Å². The molecule has 1 aromatic carbocycles. The minimum Gasteiger partial charge on any atom is -0.478 e. The van der Waals surface area contributed by atoms with Crippen molar-refractivity contribution in [3.05, 3.63) is 29.6 Å².